The van der Waals surface area contributed by atoms with E-state index >= 15 is 0 Å². The molecule has 0 aliphatic carbocycles. The molecule has 0 fully saturated rings. The number of carbonyl (C=O) groups is 2. The molecule has 0 unspecified atom stereocenters. The zero-order chi connectivity index (χ0) is 21.9. The average Bonchev–Trinajstić information content (AvgIpc) is 3.00. The van der Waals surface area contributed by atoms with Gasteiger partial charge >= 0.3 is 6.36 Å². The Morgan fingerprint density at radius 1 is 1.03 bits per heavy atom. The minimum absolute atomic E-state index is 0.0260. The summed E-state index contributed by atoms with van der Waals surface area (Å²) in [4.78, 5) is 25.0. The Kier molecular flexibility index (Phi) is 5.91. The molecule has 1 heterocycles. The lowest BCUT2D eigenvalue weighted by Gasteiger charge is -2.10. The molecule has 6 nitrogen and oxygen atoms in total. The molecule has 0 bridgehead atoms. The van der Waals surface area contributed by atoms with Gasteiger partial charge in [0.25, 0.3) is 11.7 Å². The number of nitrogens with one attached hydrogen (secondary N) is 1. The molecule has 0 radical (unpaired) electrons. The number of alkyl halides is 3. The Morgan fingerprint density at radius 3 is 2.27 bits per heavy atom. The van der Waals surface area contributed by atoms with Crippen LogP contribution in [-0.4, -0.2) is 27.8 Å². The van der Waals surface area contributed by atoms with E-state index in [9.17, 15) is 22.8 Å². The average molecular weight is 417 g/mol. The fraction of sp³-hybridized carbons (Fsp3) is 0.190. The molecule has 0 aliphatic rings. The van der Waals surface area contributed by atoms with Crippen molar-refractivity contribution >= 4 is 11.7 Å². The molecule has 3 rings (SSSR count). The van der Waals surface area contributed by atoms with Gasteiger partial charge in [-0.1, -0.05) is 30.3 Å². The Labute approximate surface area is 170 Å². The molecule has 156 valence electrons. The van der Waals surface area contributed by atoms with Crippen LogP contribution in [0, 0.1) is 13.8 Å². The summed E-state index contributed by atoms with van der Waals surface area (Å²) in [7, 11) is 0. The highest BCUT2D eigenvalue weighted by molar-refractivity contribution is 6.43. The molecular formula is C21H18F3N3O3. The van der Waals surface area contributed by atoms with Crippen LogP contribution in [0.2, 0.25) is 0 Å². The molecule has 0 atom stereocenters. The van der Waals surface area contributed by atoms with Gasteiger partial charge in [0.05, 0.1) is 22.6 Å². The number of para-hydroxylation sites is 1. The summed E-state index contributed by atoms with van der Waals surface area (Å²) in [6.45, 7) is 3.32. The van der Waals surface area contributed by atoms with E-state index in [2.05, 4.69) is 15.2 Å². The second-order valence-electron chi connectivity index (χ2n) is 6.50. The third-order valence-electron chi connectivity index (χ3n) is 4.34. The summed E-state index contributed by atoms with van der Waals surface area (Å²) in [5.41, 5.74) is 2.45. The molecule has 0 aliphatic heterocycles. The Balaban J connectivity index is 1.68. The Hall–Kier alpha value is -3.62. The summed E-state index contributed by atoms with van der Waals surface area (Å²) in [5, 5.41) is 6.83. The standard InChI is InChI=1S/C21H18F3N3O3/c1-13-18(14(2)27(26-13)16-6-4-3-5-7-16)19(28)20(29)25-12-15-8-10-17(11-9-15)30-21(22,23)24/h3-11H,12H2,1-2H3,(H,25,29). The van der Waals surface area contributed by atoms with Gasteiger partial charge in [0, 0.05) is 6.54 Å². The smallest absolute Gasteiger partial charge is 0.406 e. The second-order valence-corrected chi connectivity index (χ2v) is 6.50. The predicted molar refractivity (Wildman–Crippen MR) is 102 cm³/mol. The normalized spacial score (nSPS) is 11.2. The third-order valence-corrected chi connectivity index (χ3v) is 4.34. The highest BCUT2D eigenvalue weighted by Gasteiger charge is 2.31. The number of aryl methyl sites for hydroxylation is 1. The van der Waals surface area contributed by atoms with E-state index in [1.807, 2.05) is 30.3 Å². The molecule has 0 spiro atoms. The number of halogens is 3. The minimum Gasteiger partial charge on any atom is -0.406 e. The van der Waals surface area contributed by atoms with Crippen LogP contribution in [0.4, 0.5) is 13.2 Å². The van der Waals surface area contributed by atoms with Crippen molar-refractivity contribution in [3.05, 3.63) is 77.1 Å². The van der Waals surface area contributed by atoms with E-state index < -0.39 is 18.1 Å². The fourth-order valence-electron chi connectivity index (χ4n) is 2.98. The lowest BCUT2D eigenvalue weighted by molar-refractivity contribution is -0.274. The van der Waals surface area contributed by atoms with E-state index in [0.29, 0.717) is 17.0 Å². The van der Waals surface area contributed by atoms with Crippen molar-refractivity contribution < 1.29 is 27.5 Å². The summed E-state index contributed by atoms with van der Waals surface area (Å²) in [6.07, 6.45) is -4.78. The minimum atomic E-state index is -4.78. The second kappa shape index (κ2) is 8.40. The molecule has 30 heavy (non-hydrogen) atoms. The van der Waals surface area contributed by atoms with Crippen molar-refractivity contribution in [1.29, 1.82) is 0 Å². The van der Waals surface area contributed by atoms with Crippen LogP contribution >= 0.6 is 0 Å². The predicted octanol–water partition coefficient (Wildman–Crippen LogP) is 3.89. The maximum Gasteiger partial charge on any atom is 0.573 e. The monoisotopic (exact) mass is 417 g/mol. The number of Topliss-reactive ketones (excluding diaryl/α,β-unsaturated/α-hetero) is 1. The van der Waals surface area contributed by atoms with Gasteiger partial charge in [-0.25, -0.2) is 4.68 Å². The fourth-order valence-corrected chi connectivity index (χ4v) is 2.98. The number of aromatic nitrogens is 2. The van der Waals surface area contributed by atoms with Crippen LogP contribution in [-0.2, 0) is 11.3 Å². The van der Waals surface area contributed by atoms with Gasteiger partial charge in [-0.2, -0.15) is 5.10 Å². The van der Waals surface area contributed by atoms with Crippen molar-refractivity contribution in [1.82, 2.24) is 15.1 Å². The first-order valence-corrected chi connectivity index (χ1v) is 8.94. The van der Waals surface area contributed by atoms with E-state index in [-0.39, 0.29) is 17.9 Å². The van der Waals surface area contributed by atoms with Crippen molar-refractivity contribution in [3.63, 3.8) is 0 Å². The largest absolute Gasteiger partial charge is 0.573 e. The topological polar surface area (TPSA) is 73.2 Å². The number of hydrogen-bond donors (Lipinski definition) is 1. The molecule has 3 aromatic rings. The highest BCUT2D eigenvalue weighted by Crippen LogP contribution is 2.23. The first-order chi connectivity index (χ1) is 14.2. The zero-order valence-corrected chi connectivity index (χ0v) is 16.2. The highest BCUT2D eigenvalue weighted by atomic mass is 19.4. The molecule has 0 saturated heterocycles. The zero-order valence-electron chi connectivity index (χ0n) is 16.2. The van der Waals surface area contributed by atoms with Gasteiger partial charge < -0.3 is 10.1 Å². The number of hydrogen-bond acceptors (Lipinski definition) is 4. The lowest BCUT2D eigenvalue weighted by atomic mass is 10.1. The van der Waals surface area contributed by atoms with Crippen LogP contribution in [0.5, 0.6) is 5.75 Å². The third kappa shape index (κ3) is 4.86. The van der Waals surface area contributed by atoms with E-state index in [1.165, 1.54) is 12.1 Å². The van der Waals surface area contributed by atoms with Gasteiger partial charge in [-0.3, -0.25) is 9.59 Å². The number of amides is 1. The van der Waals surface area contributed by atoms with Gasteiger partial charge in [0.1, 0.15) is 5.75 Å². The van der Waals surface area contributed by atoms with E-state index in [1.54, 1.807) is 18.5 Å². The van der Waals surface area contributed by atoms with Crippen molar-refractivity contribution in [2.45, 2.75) is 26.8 Å². The number of benzene rings is 2. The SMILES string of the molecule is Cc1nn(-c2ccccc2)c(C)c1C(=O)C(=O)NCc1ccc(OC(F)(F)F)cc1. The quantitative estimate of drug-likeness (QED) is 0.488. The van der Waals surface area contributed by atoms with Crippen LogP contribution in [0.3, 0.4) is 0 Å². The van der Waals surface area contributed by atoms with Crippen molar-refractivity contribution in [2.75, 3.05) is 0 Å². The number of nitrogens with zero attached hydrogens (tertiary/aromatic N) is 2. The van der Waals surface area contributed by atoms with Crippen molar-refractivity contribution in [3.8, 4) is 11.4 Å². The van der Waals surface area contributed by atoms with Gasteiger partial charge in [-0.05, 0) is 43.7 Å². The van der Waals surface area contributed by atoms with Crippen molar-refractivity contribution in [2.24, 2.45) is 0 Å². The van der Waals surface area contributed by atoms with Crippen LogP contribution in [0.25, 0.3) is 5.69 Å². The van der Waals surface area contributed by atoms with Gasteiger partial charge in [0.2, 0.25) is 0 Å². The van der Waals surface area contributed by atoms with Crippen LogP contribution in [0.1, 0.15) is 27.3 Å². The lowest BCUT2D eigenvalue weighted by Crippen LogP contribution is -2.31. The summed E-state index contributed by atoms with van der Waals surface area (Å²) in [5.74, 6) is -1.93. The molecule has 1 amide bonds. The summed E-state index contributed by atoms with van der Waals surface area (Å²) in [6, 6.07) is 14.2. The van der Waals surface area contributed by atoms with Crippen LogP contribution in [0.15, 0.2) is 54.6 Å². The Bertz CT molecular complexity index is 1060. The molecular weight excluding hydrogens is 399 g/mol. The van der Waals surface area contributed by atoms with Gasteiger partial charge in [0.15, 0.2) is 0 Å². The molecule has 0 saturated carbocycles. The van der Waals surface area contributed by atoms with E-state index in [0.717, 1.165) is 17.8 Å². The van der Waals surface area contributed by atoms with Crippen LogP contribution < -0.4 is 10.1 Å². The Morgan fingerprint density at radius 2 is 1.67 bits per heavy atom. The first-order valence-electron chi connectivity index (χ1n) is 8.94. The maximum atomic E-state index is 12.7. The van der Waals surface area contributed by atoms with Gasteiger partial charge in [-0.15, -0.1) is 13.2 Å². The number of ether oxygens (including phenoxy) is 1. The maximum absolute atomic E-state index is 12.7. The molecule has 9 heteroatoms. The van der Waals surface area contributed by atoms with E-state index in [4.69, 9.17) is 0 Å². The number of rotatable bonds is 6. The molecule has 1 aromatic heterocycles. The number of carbonyl (C=O) groups excluding carboxylic acids is 2. The number of ketones is 1. The summed E-state index contributed by atoms with van der Waals surface area (Å²) < 4.78 is 42.0. The molecule has 2 aromatic carbocycles. The summed E-state index contributed by atoms with van der Waals surface area (Å²) >= 11 is 0. The molecule has 1 N–H and O–H groups in total. The first kappa shape index (κ1) is 21.1.